The fourth-order valence-electron chi connectivity index (χ4n) is 5.11. The Balaban J connectivity index is 1.95. The summed E-state index contributed by atoms with van der Waals surface area (Å²) in [5, 5.41) is 0.870. The molecule has 1 saturated carbocycles. The molecule has 148 valence electrons. The number of hydrogen-bond acceptors (Lipinski definition) is 3. The van der Waals surface area contributed by atoms with E-state index < -0.39 is 5.92 Å². The Morgan fingerprint density at radius 2 is 1.61 bits per heavy atom. The van der Waals surface area contributed by atoms with E-state index in [9.17, 15) is 9.59 Å². The number of aliphatic imine (C=N–C) groups is 1. The maximum atomic E-state index is 13.2. The second kappa shape index (κ2) is 6.53. The molecule has 1 heterocycles. The van der Waals surface area contributed by atoms with Gasteiger partial charge in [-0.25, -0.2) is 0 Å². The zero-order valence-corrected chi connectivity index (χ0v) is 18.2. The molecule has 1 aromatic rings. The van der Waals surface area contributed by atoms with E-state index >= 15 is 0 Å². The molecule has 2 unspecified atom stereocenters. The van der Waals surface area contributed by atoms with Crippen LogP contribution in [-0.4, -0.2) is 17.3 Å². The minimum absolute atomic E-state index is 0.0766. The Hall–Kier alpha value is -1.45. The van der Waals surface area contributed by atoms with Crippen LogP contribution in [0.2, 0.25) is 10.0 Å². The number of rotatable bonds is 1. The Labute approximate surface area is 176 Å². The summed E-state index contributed by atoms with van der Waals surface area (Å²) >= 11 is 12.9. The molecule has 28 heavy (non-hydrogen) atoms. The van der Waals surface area contributed by atoms with Gasteiger partial charge < -0.3 is 0 Å². The van der Waals surface area contributed by atoms with Crippen LogP contribution in [0.1, 0.15) is 64.9 Å². The van der Waals surface area contributed by atoms with Gasteiger partial charge in [0.25, 0.3) is 0 Å². The molecule has 4 rings (SSSR count). The van der Waals surface area contributed by atoms with E-state index in [1.54, 1.807) is 6.07 Å². The number of ketones is 2. The number of fused-ring (bicyclic) bond motifs is 1. The van der Waals surface area contributed by atoms with Gasteiger partial charge in [-0.05, 0) is 35.3 Å². The highest BCUT2D eigenvalue weighted by Gasteiger charge is 2.50. The summed E-state index contributed by atoms with van der Waals surface area (Å²) in [5.74, 6) is -0.596. The van der Waals surface area contributed by atoms with Crippen LogP contribution in [0, 0.1) is 16.7 Å². The number of hydrogen-bond donors (Lipinski definition) is 0. The maximum absolute atomic E-state index is 13.2. The number of carbonyl (C=O) groups excluding carboxylic acids is 2. The van der Waals surface area contributed by atoms with Crippen molar-refractivity contribution in [3.63, 3.8) is 0 Å². The van der Waals surface area contributed by atoms with Crippen molar-refractivity contribution < 1.29 is 9.59 Å². The van der Waals surface area contributed by atoms with E-state index in [0.717, 1.165) is 29.8 Å². The number of benzene rings is 1. The highest BCUT2D eigenvalue weighted by molar-refractivity contribution is 6.42. The summed E-state index contributed by atoms with van der Waals surface area (Å²) in [5.41, 5.74) is 2.90. The molecule has 5 heteroatoms. The second-order valence-corrected chi connectivity index (χ2v) is 10.8. The second-order valence-electron chi connectivity index (χ2n) is 9.99. The minimum atomic E-state index is -0.423. The first-order valence-corrected chi connectivity index (χ1v) is 10.5. The van der Waals surface area contributed by atoms with Gasteiger partial charge in [0.05, 0.1) is 16.0 Å². The number of carbonyl (C=O) groups is 2. The van der Waals surface area contributed by atoms with Crippen molar-refractivity contribution in [2.45, 2.75) is 59.3 Å². The van der Waals surface area contributed by atoms with Gasteiger partial charge in [0.2, 0.25) is 0 Å². The third-order valence-corrected chi connectivity index (χ3v) is 6.99. The normalized spacial score (nSPS) is 28.6. The van der Waals surface area contributed by atoms with Crippen molar-refractivity contribution in [3.8, 4) is 0 Å². The molecule has 1 aromatic carbocycles. The summed E-state index contributed by atoms with van der Waals surface area (Å²) in [6, 6.07) is 5.47. The van der Waals surface area contributed by atoms with Gasteiger partial charge in [-0.3, -0.25) is 14.6 Å². The van der Waals surface area contributed by atoms with Crippen LogP contribution in [0.3, 0.4) is 0 Å². The average Bonchev–Trinajstić information content (AvgIpc) is 2.53. The van der Waals surface area contributed by atoms with E-state index in [-0.39, 0.29) is 28.3 Å². The van der Waals surface area contributed by atoms with Crippen LogP contribution in [0.15, 0.2) is 34.5 Å². The molecule has 0 spiro atoms. The molecule has 2 atom stereocenters. The zero-order valence-electron chi connectivity index (χ0n) is 16.7. The number of allylic oxidation sites excluding steroid dienone is 2. The average molecular weight is 418 g/mol. The first-order chi connectivity index (χ1) is 13.0. The Bertz CT molecular complexity index is 955. The minimum Gasteiger partial charge on any atom is -0.299 e. The van der Waals surface area contributed by atoms with E-state index in [0.29, 0.717) is 28.5 Å². The van der Waals surface area contributed by atoms with Crippen LogP contribution in [-0.2, 0) is 9.59 Å². The van der Waals surface area contributed by atoms with Crippen molar-refractivity contribution in [1.29, 1.82) is 0 Å². The molecule has 1 fully saturated rings. The van der Waals surface area contributed by atoms with Gasteiger partial charge in [-0.1, -0.05) is 63.0 Å². The standard InChI is InChI=1S/C23H25Cl2NO2/c1-22(2)8-14-19(16(27)10-22)18(12-6-5-7-13(24)21(12)25)20-15(26-14)9-23(3,4)11-17(20)28/h5-7,18-19H,8-11H2,1-4H3. The van der Waals surface area contributed by atoms with Crippen LogP contribution in [0.4, 0.5) is 0 Å². The van der Waals surface area contributed by atoms with Crippen LogP contribution >= 0.6 is 23.2 Å². The first-order valence-electron chi connectivity index (χ1n) is 9.79. The van der Waals surface area contributed by atoms with Crippen molar-refractivity contribution in [1.82, 2.24) is 0 Å². The molecule has 0 saturated heterocycles. The summed E-state index contributed by atoms with van der Waals surface area (Å²) in [6.45, 7) is 8.40. The first kappa shape index (κ1) is 19.8. The van der Waals surface area contributed by atoms with E-state index in [1.165, 1.54) is 0 Å². The lowest BCUT2D eigenvalue weighted by atomic mass is 9.60. The predicted molar refractivity (Wildman–Crippen MR) is 113 cm³/mol. The smallest absolute Gasteiger partial charge is 0.161 e. The van der Waals surface area contributed by atoms with Crippen LogP contribution in [0.5, 0.6) is 0 Å². The molecule has 3 nitrogen and oxygen atoms in total. The quantitative estimate of drug-likeness (QED) is 0.547. The van der Waals surface area contributed by atoms with Gasteiger partial charge in [0, 0.05) is 35.7 Å². The fraction of sp³-hybridized carbons (Fsp3) is 0.522. The summed E-state index contributed by atoms with van der Waals surface area (Å²) in [7, 11) is 0. The molecule has 0 N–H and O–H groups in total. The maximum Gasteiger partial charge on any atom is 0.161 e. The van der Waals surface area contributed by atoms with Crippen molar-refractivity contribution >= 4 is 40.5 Å². The largest absolute Gasteiger partial charge is 0.299 e. The Kier molecular flexibility index (Phi) is 4.63. The number of halogens is 2. The predicted octanol–water partition coefficient (Wildman–Crippen LogP) is 6.18. The molecule has 1 aliphatic heterocycles. The summed E-state index contributed by atoms with van der Waals surface area (Å²) in [6.07, 6.45) is 2.42. The lowest BCUT2D eigenvalue weighted by Gasteiger charge is -2.44. The number of nitrogens with zero attached hydrogens (tertiary/aromatic N) is 1. The van der Waals surface area contributed by atoms with E-state index in [4.69, 9.17) is 28.2 Å². The SMILES string of the molecule is CC1(C)CC(=O)C2C(=NC3=C(C(=O)CC(C)(C)C3)C2c2cccc(Cl)c2Cl)C1. The molecule has 0 amide bonds. The molecule has 0 radical (unpaired) electrons. The van der Waals surface area contributed by atoms with Crippen LogP contribution < -0.4 is 0 Å². The lowest BCUT2D eigenvalue weighted by Crippen LogP contribution is -2.45. The van der Waals surface area contributed by atoms with Crippen molar-refractivity contribution in [3.05, 3.63) is 45.1 Å². The highest BCUT2D eigenvalue weighted by atomic mass is 35.5. The van der Waals surface area contributed by atoms with Gasteiger partial charge in [-0.2, -0.15) is 0 Å². The van der Waals surface area contributed by atoms with Crippen LogP contribution in [0.25, 0.3) is 0 Å². The van der Waals surface area contributed by atoms with Gasteiger partial charge in [-0.15, -0.1) is 0 Å². The molecular weight excluding hydrogens is 393 g/mol. The molecule has 2 aliphatic carbocycles. The van der Waals surface area contributed by atoms with E-state index in [2.05, 4.69) is 27.7 Å². The monoisotopic (exact) mass is 417 g/mol. The Morgan fingerprint density at radius 3 is 2.32 bits per heavy atom. The fourth-order valence-corrected chi connectivity index (χ4v) is 5.53. The number of Topliss-reactive ketones (excluding diaryl/α,β-unsaturated/α-hetero) is 2. The third kappa shape index (κ3) is 3.27. The van der Waals surface area contributed by atoms with Crippen molar-refractivity contribution in [2.24, 2.45) is 21.7 Å². The summed E-state index contributed by atoms with van der Waals surface area (Å²) in [4.78, 5) is 31.4. The summed E-state index contributed by atoms with van der Waals surface area (Å²) < 4.78 is 0. The molecular formula is C23H25Cl2NO2. The molecule has 0 aromatic heterocycles. The van der Waals surface area contributed by atoms with Gasteiger partial charge in [0.15, 0.2) is 5.78 Å². The topological polar surface area (TPSA) is 46.5 Å². The van der Waals surface area contributed by atoms with E-state index in [1.807, 2.05) is 12.1 Å². The highest BCUT2D eigenvalue weighted by Crippen LogP contribution is 2.52. The van der Waals surface area contributed by atoms with Gasteiger partial charge >= 0.3 is 0 Å². The molecule has 0 bridgehead atoms. The van der Waals surface area contributed by atoms with Gasteiger partial charge in [0.1, 0.15) is 5.78 Å². The Morgan fingerprint density at radius 1 is 0.929 bits per heavy atom. The van der Waals surface area contributed by atoms with Crippen molar-refractivity contribution in [2.75, 3.05) is 0 Å². The molecule has 3 aliphatic rings. The third-order valence-electron chi connectivity index (χ3n) is 6.15. The lowest BCUT2D eigenvalue weighted by molar-refractivity contribution is -0.124. The zero-order chi connectivity index (χ0) is 20.4.